The lowest BCUT2D eigenvalue weighted by Gasteiger charge is -2.10. The Balaban J connectivity index is 2.19. The van der Waals surface area contributed by atoms with E-state index < -0.39 is 11.3 Å². The van der Waals surface area contributed by atoms with Crippen LogP contribution in [-0.2, 0) is 4.79 Å². The maximum atomic E-state index is 11.1. The minimum absolute atomic E-state index is 0.0299. The molecule has 0 fully saturated rings. The number of aromatic nitrogens is 3. The Morgan fingerprint density at radius 3 is 1.91 bits per heavy atom. The monoisotopic (exact) mass is 325 g/mol. The van der Waals surface area contributed by atoms with Crippen LogP contribution in [0.15, 0.2) is 60.7 Å². The number of rotatable bonds is 4. The molecule has 0 radical (unpaired) electrons. The summed E-state index contributed by atoms with van der Waals surface area (Å²) in [5.41, 5.74) is 2.79. The maximum absolute atomic E-state index is 11.1. The molecular weight excluding hydrogens is 314 g/mol. The molecule has 3 rings (SSSR count). The van der Waals surface area contributed by atoms with Crippen LogP contribution in [0.25, 0.3) is 22.5 Å². The lowest BCUT2D eigenvalue weighted by atomic mass is 10.0. The van der Waals surface area contributed by atoms with E-state index >= 15 is 0 Å². The van der Waals surface area contributed by atoms with Crippen molar-refractivity contribution in [2.75, 3.05) is 0 Å². The van der Waals surface area contributed by atoms with Gasteiger partial charge in [0.25, 0.3) is 0 Å². The van der Waals surface area contributed by atoms with Crippen molar-refractivity contribution in [3.63, 3.8) is 0 Å². The quantitative estimate of drug-likeness (QED) is 0.742. The Morgan fingerprint density at radius 1 is 0.870 bits per heavy atom. The minimum atomic E-state index is -1.34. The van der Waals surface area contributed by atoms with Crippen LogP contribution in [0.4, 0.5) is 0 Å². The van der Waals surface area contributed by atoms with E-state index in [4.69, 9.17) is 16.7 Å². The van der Waals surface area contributed by atoms with Gasteiger partial charge in [0.15, 0.2) is 11.2 Å². The summed E-state index contributed by atoms with van der Waals surface area (Å²) >= 11 is 5.83. The fourth-order valence-electron chi connectivity index (χ4n) is 2.14. The van der Waals surface area contributed by atoms with Crippen LogP contribution in [0.5, 0.6) is 0 Å². The molecule has 114 valence electrons. The molecule has 0 aliphatic rings. The highest BCUT2D eigenvalue weighted by Gasteiger charge is 2.23. The number of halogens is 1. The Labute approximate surface area is 137 Å². The first-order valence-electron chi connectivity index (χ1n) is 6.89. The molecule has 5 nitrogen and oxygen atoms in total. The van der Waals surface area contributed by atoms with Gasteiger partial charge in [0.05, 0.1) is 0 Å². The first kappa shape index (κ1) is 15.1. The summed E-state index contributed by atoms with van der Waals surface area (Å²) < 4.78 is 0. The molecule has 6 heteroatoms. The second-order valence-corrected chi connectivity index (χ2v) is 5.24. The summed E-state index contributed by atoms with van der Waals surface area (Å²) in [5, 5.41) is 15.8. The van der Waals surface area contributed by atoms with Gasteiger partial charge >= 0.3 is 5.97 Å². The van der Waals surface area contributed by atoms with Crippen molar-refractivity contribution in [1.29, 1.82) is 0 Å². The number of carboxylic acids is 1. The first-order valence-corrected chi connectivity index (χ1v) is 7.33. The van der Waals surface area contributed by atoms with E-state index in [0.29, 0.717) is 11.4 Å². The third-order valence-corrected chi connectivity index (χ3v) is 3.62. The van der Waals surface area contributed by atoms with E-state index in [0.717, 1.165) is 11.1 Å². The van der Waals surface area contributed by atoms with Gasteiger partial charge < -0.3 is 5.11 Å². The van der Waals surface area contributed by atoms with Crippen molar-refractivity contribution in [3.8, 4) is 22.5 Å². The van der Waals surface area contributed by atoms with E-state index in [1.165, 1.54) is 0 Å². The molecule has 1 atom stereocenters. The van der Waals surface area contributed by atoms with Crippen molar-refractivity contribution in [1.82, 2.24) is 15.2 Å². The average Bonchev–Trinajstić information content (AvgIpc) is 2.62. The topological polar surface area (TPSA) is 76.0 Å². The van der Waals surface area contributed by atoms with Gasteiger partial charge in [-0.3, -0.25) is 4.79 Å². The molecular formula is C17H12ClN3O2. The molecule has 1 heterocycles. The molecule has 3 aromatic rings. The Kier molecular flexibility index (Phi) is 4.30. The zero-order valence-corrected chi connectivity index (χ0v) is 12.7. The van der Waals surface area contributed by atoms with Crippen LogP contribution in [0.2, 0.25) is 0 Å². The Hall–Kier alpha value is -2.79. The van der Waals surface area contributed by atoms with Gasteiger partial charge in [-0.05, 0) is 0 Å². The van der Waals surface area contributed by atoms with Crippen LogP contribution in [-0.4, -0.2) is 26.3 Å². The van der Waals surface area contributed by atoms with Gasteiger partial charge in [-0.25, -0.2) is 4.98 Å². The summed E-state index contributed by atoms with van der Waals surface area (Å²) in [6, 6.07) is 18.9. The number of hydrogen-bond donors (Lipinski definition) is 1. The van der Waals surface area contributed by atoms with Crippen molar-refractivity contribution >= 4 is 17.6 Å². The number of carboxylic acid groups (broad SMARTS) is 1. The molecule has 2 aromatic carbocycles. The largest absolute Gasteiger partial charge is 0.480 e. The highest BCUT2D eigenvalue weighted by atomic mass is 35.5. The standard InChI is InChI=1S/C17H12ClN3O2/c18-13(17(22)23)16-19-14(11-7-3-1-4-8-11)15(20-21-16)12-9-5-2-6-10-12/h1-10,13H,(H,22,23). The summed E-state index contributed by atoms with van der Waals surface area (Å²) in [7, 11) is 0. The van der Waals surface area contributed by atoms with Crippen LogP contribution in [0, 0.1) is 0 Å². The van der Waals surface area contributed by atoms with Crippen molar-refractivity contribution < 1.29 is 9.90 Å². The lowest BCUT2D eigenvalue weighted by molar-refractivity contribution is -0.136. The molecule has 0 saturated carbocycles. The zero-order chi connectivity index (χ0) is 16.2. The number of carbonyl (C=O) groups is 1. The summed E-state index contributed by atoms with van der Waals surface area (Å²) in [6.07, 6.45) is 0. The highest BCUT2D eigenvalue weighted by Crippen LogP contribution is 2.29. The number of hydrogen-bond acceptors (Lipinski definition) is 4. The minimum Gasteiger partial charge on any atom is -0.480 e. The van der Waals surface area contributed by atoms with Crippen LogP contribution >= 0.6 is 11.6 Å². The van der Waals surface area contributed by atoms with Gasteiger partial charge in [-0.15, -0.1) is 21.8 Å². The number of benzene rings is 2. The van der Waals surface area contributed by atoms with Crippen molar-refractivity contribution in [2.24, 2.45) is 0 Å². The first-order chi connectivity index (χ1) is 11.2. The second-order valence-electron chi connectivity index (χ2n) is 4.80. The predicted octanol–water partition coefficient (Wildman–Crippen LogP) is 3.57. The number of alkyl halides is 1. The van der Waals surface area contributed by atoms with Crippen LogP contribution in [0.3, 0.4) is 0 Å². The molecule has 0 aliphatic carbocycles. The smallest absolute Gasteiger partial charge is 0.329 e. The highest BCUT2D eigenvalue weighted by molar-refractivity contribution is 6.29. The molecule has 23 heavy (non-hydrogen) atoms. The SMILES string of the molecule is O=C(O)C(Cl)c1nnc(-c2ccccc2)c(-c2ccccc2)n1. The summed E-state index contributed by atoms with van der Waals surface area (Å²) in [5.74, 6) is -1.24. The van der Waals surface area contributed by atoms with Crippen molar-refractivity contribution in [3.05, 3.63) is 66.5 Å². The normalized spacial score (nSPS) is 11.9. The average molecular weight is 326 g/mol. The molecule has 1 unspecified atom stereocenters. The Morgan fingerprint density at radius 2 is 1.39 bits per heavy atom. The molecule has 0 spiro atoms. The molecule has 1 N–H and O–H groups in total. The van der Waals surface area contributed by atoms with Gasteiger partial charge in [0.2, 0.25) is 0 Å². The molecule has 0 saturated heterocycles. The summed E-state index contributed by atoms with van der Waals surface area (Å²) in [6.45, 7) is 0. The molecule has 0 aliphatic heterocycles. The molecule has 0 bridgehead atoms. The second kappa shape index (κ2) is 6.54. The molecule has 0 amide bonds. The fraction of sp³-hybridized carbons (Fsp3) is 0.0588. The van der Waals surface area contributed by atoms with E-state index in [2.05, 4.69) is 15.2 Å². The van der Waals surface area contributed by atoms with Gasteiger partial charge in [-0.1, -0.05) is 60.7 Å². The third kappa shape index (κ3) is 3.19. The van der Waals surface area contributed by atoms with Gasteiger partial charge in [-0.2, -0.15) is 0 Å². The van der Waals surface area contributed by atoms with Gasteiger partial charge in [0.1, 0.15) is 11.4 Å². The van der Waals surface area contributed by atoms with Crippen molar-refractivity contribution in [2.45, 2.75) is 5.38 Å². The van der Waals surface area contributed by atoms with Crippen LogP contribution in [0.1, 0.15) is 11.2 Å². The number of nitrogens with zero attached hydrogens (tertiary/aromatic N) is 3. The van der Waals surface area contributed by atoms with Crippen LogP contribution < -0.4 is 0 Å². The Bertz CT molecular complexity index is 826. The zero-order valence-electron chi connectivity index (χ0n) is 11.9. The fourth-order valence-corrected chi connectivity index (χ4v) is 2.24. The van der Waals surface area contributed by atoms with Gasteiger partial charge in [0, 0.05) is 11.1 Å². The third-order valence-electron chi connectivity index (χ3n) is 3.24. The predicted molar refractivity (Wildman–Crippen MR) is 86.9 cm³/mol. The van der Waals surface area contributed by atoms with E-state index in [9.17, 15) is 4.79 Å². The number of aliphatic carboxylic acids is 1. The molecule has 1 aromatic heterocycles. The maximum Gasteiger partial charge on any atom is 0.329 e. The summed E-state index contributed by atoms with van der Waals surface area (Å²) in [4.78, 5) is 15.4. The lowest BCUT2D eigenvalue weighted by Crippen LogP contribution is -2.11. The van der Waals surface area contributed by atoms with E-state index in [1.54, 1.807) is 0 Å². The van der Waals surface area contributed by atoms with E-state index in [-0.39, 0.29) is 5.82 Å². The van der Waals surface area contributed by atoms with E-state index in [1.807, 2.05) is 60.7 Å².